The number of aryl methyl sites for hydroxylation is 1. The average Bonchev–Trinajstić information content (AvgIpc) is 2.72. The summed E-state index contributed by atoms with van der Waals surface area (Å²) in [7, 11) is 0. The Labute approximate surface area is 109 Å². The number of halogens is 1. The molecule has 1 heterocycles. The van der Waals surface area contributed by atoms with Crippen molar-refractivity contribution in [3.63, 3.8) is 0 Å². The van der Waals surface area contributed by atoms with E-state index in [1.54, 1.807) is 0 Å². The van der Waals surface area contributed by atoms with Crippen LogP contribution in [0.2, 0.25) is 0 Å². The number of rotatable bonds is 1. The van der Waals surface area contributed by atoms with E-state index in [2.05, 4.69) is 70.3 Å². The first-order chi connectivity index (χ1) is 8.24. The van der Waals surface area contributed by atoms with Crippen molar-refractivity contribution in [1.29, 1.82) is 0 Å². The van der Waals surface area contributed by atoms with E-state index in [4.69, 9.17) is 0 Å². The number of nitrogens with one attached hydrogen (secondary N) is 1. The number of fused-ring (bicyclic) bond motifs is 1. The van der Waals surface area contributed by atoms with Gasteiger partial charge in [-0.3, -0.25) is 0 Å². The molecule has 0 amide bonds. The molecule has 3 rings (SSSR count). The highest BCUT2D eigenvalue weighted by Crippen LogP contribution is 2.30. The van der Waals surface area contributed by atoms with Gasteiger partial charge >= 0.3 is 0 Å². The first-order valence-electron chi connectivity index (χ1n) is 5.58. The third-order valence-corrected chi connectivity index (χ3v) is 3.60. The summed E-state index contributed by atoms with van der Waals surface area (Å²) in [4.78, 5) is 3.44. The van der Waals surface area contributed by atoms with Gasteiger partial charge in [0.1, 0.15) is 0 Å². The molecule has 1 N–H and O–H groups in total. The molecule has 2 aromatic carbocycles. The molecule has 0 fully saturated rings. The quantitative estimate of drug-likeness (QED) is 0.654. The topological polar surface area (TPSA) is 15.8 Å². The third kappa shape index (κ3) is 1.89. The van der Waals surface area contributed by atoms with Crippen molar-refractivity contribution in [3.8, 4) is 11.3 Å². The summed E-state index contributed by atoms with van der Waals surface area (Å²) in [5.74, 6) is 0. The van der Waals surface area contributed by atoms with Crippen LogP contribution in [0, 0.1) is 6.92 Å². The molecule has 0 spiro atoms. The fourth-order valence-electron chi connectivity index (χ4n) is 2.06. The summed E-state index contributed by atoms with van der Waals surface area (Å²) in [5.41, 5.74) is 4.79. The highest BCUT2D eigenvalue weighted by atomic mass is 79.9. The molecule has 1 aromatic heterocycles. The zero-order valence-corrected chi connectivity index (χ0v) is 11.1. The van der Waals surface area contributed by atoms with Gasteiger partial charge in [0.05, 0.1) is 0 Å². The number of aromatic nitrogens is 1. The van der Waals surface area contributed by atoms with Crippen LogP contribution in [-0.2, 0) is 0 Å². The second kappa shape index (κ2) is 4.04. The molecule has 0 aliphatic carbocycles. The number of hydrogen-bond donors (Lipinski definition) is 1. The fraction of sp³-hybridized carbons (Fsp3) is 0.0667. The number of hydrogen-bond acceptors (Lipinski definition) is 0. The Morgan fingerprint density at radius 3 is 2.59 bits per heavy atom. The van der Waals surface area contributed by atoms with Gasteiger partial charge < -0.3 is 4.98 Å². The molecule has 0 radical (unpaired) electrons. The van der Waals surface area contributed by atoms with Gasteiger partial charge in [-0.2, -0.15) is 0 Å². The van der Waals surface area contributed by atoms with Crippen LogP contribution in [0.3, 0.4) is 0 Å². The fourth-order valence-corrected chi connectivity index (χ4v) is 2.76. The van der Waals surface area contributed by atoms with Crippen molar-refractivity contribution >= 4 is 26.8 Å². The Kier molecular flexibility index (Phi) is 2.52. The Hall–Kier alpha value is -1.54. The van der Waals surface area contributed by atoms with Crippen LogP contribution in [-0.4, -0.2) is 4.98 Å². The Morgan fingerprint density at radius 1 is 1.00 bits per heavy atom. The van der Waals surface area contributed by atoms with Gasteiger partial charge in [-0.25, -0.2) is 0 Å². The van der Waals surface area contributed by atoms with E-state index < -0.39 is 0 Å². The number of benzene rings is 2. The molecular weight excluding hydrogens is 274 g/mol. The molecule has 84 valence electrons. The SMILES string of the molecule is Cc1ccc(-c2cc3ccccc3[nH]2)c(Br)c1. The van der Waals surface area contributed by atoms with E-state index in [0.29, 0.717) is 0 Å². The zero-order valence-electron chi connectivity index (χ0n) is 9.50. The van der Waals surface area contributed by atoms with Crippen LogP contribution in [0.1, 0.15) is 5.56 Å². The van der Waals surface area contributed by atoms with Crippen molar-refractivity contribution < 1.29 is 0 Å². The van der Waals surface area contributed by atoms with Crippen molar-refractivity contribution in [2.75, 3.05) is 0 Å². The predicted octanol–water partition coefficient (Wildman–Crippen LogP) is 4.91. The Bertz CT molecular complexity index is 649. The Balaban J connectivity index is 2.20. The van der Waals surface area contributed by atoms with Crippen molar-refractivity contribution in [2.24, 2.45) is 0 Å². The smallest absolute Gasteiger partial charge is 0.0476 e. The number of para-hydroxylation sites is 1. The standard InChI is InChI=1S/C15H12BrN/c1-10-6-7-12(13(16)8-10)15-9-11-4-2-3-5-14(11)17-15/h2-9,17H,1H3. The van der Waals surface area contributed by atoms with E-state index in [1.165, 1.54) is 22.0 Å². The molecular formula is C15H12BrN. The molecule has 0 aliphatic heterocycles. The van der Waals surface area contributed by atoms with Gasteiger partial charge in [0, 0.05) is 26.6 Å². The van der Waals surface area contributed by atoms with E-state index in [9.17, 15) is 0 Å². The molecule has 0 saturated carbocycles. The first-order valence-corrected chi connectivity index (χ1v) is 6.37. The van der Waals surface area contributed by atoms with E-state index in [1.807, 2.05) is 6.07 Å². The van der Waals surface area contributed by atoms with Gasteiger partial charge in [0.2, 0.25) is 0 Å². The largest absolute Gasteiger partial charge is 0.354 e. The van der Waals surface area contributed by atoms with Crippen molar-refractivity contribution in [1.82, 2.24) is 4.98 Å². The molecule has 3 aromatic rings. The van der Waals surface area contributed by atoms with Crippen molar-refractivity contribution in [2.45, 2.75) is 6.92 Å². The lowest BCUT2D eigenvalue weighted by Gasteiger charge is -2.02. The lowest BCUT2D eigenvalue weighted by atomic mass is 10.1. The van der Waals surface area contributed by atoms with Gasteiger partial charge in [0.15, 0.2) is 0 Å². The van der Waals surface area contributed by atoms with Crippen molar-refractivity contribution in [3.05, 3.63) is 58.6 Å². The zero-order chi connectivity index (χ0) is 11.8. The van der Waals surface area contributed by atoms with Gasteiger partial charge in [0.25, 0.3) is 0 Å². The molecule has 0 unspecified atom stereocenters. The monoisotopic (exact) mass is 285 g/mol. The number of H-pyrrole nitrogens is 1. The summed E-state index contributed by atoms with van der Waals surface area (Å²) in [6.07, 6.45) is 0. The maximum absolute atomic E-state index is 3.62. The van der Waals surface area contributed by atoms with Crippen LogP contribution < -0.4 is 0 Å². The summed E-state index contributed by atoms with van der Waals surface area (Å²) in [6, 6.07) is 16.9. The normalized spacial score (nSPS) is 10.9. The van der Waals surface area contributed by atoms with Gasteiger partial charge in [-0.1, -0.05) is 46.3 Å². The molecule has 0 aliphatic rings. The van der Waals surface area contributed by atoms with E-state index in [0.717, 1.165) is 10.2 Å². The lowest BCUT2D eigenvalue weighted by Crippen LogP contribution is -1.81. The van der Waals surface area contributed by atoms with Crippen LogP contribution >= 0.6 is 15.9 Å². The molecule has 2 heteroatoms. The average molecular weight is 286 g/mol. The summed E-state index contributed by atoms with van der Waals surface area (Å²) in [5, 5.41) is 1.25. The van der Waals surface area contributed by atoms with Crippen LogP contribution in [0.15, 0.2) is 53.0 Å². The molecule has 0 saturated heterocycles. The first kappa shape index (κ1) is 10.6. The third-order valence-electron chi connectivity index (χ3n) is 2.94. The number of aromatic amines is 1. The Morgan fingerprint density at radius 2 is 1.82 bits per heavy atom. The summed E-state index contributed by atoms with van der Waals surface area (Å²) < 4.78 is 1.13. The second-order valence-electron chi connectivity index (χ2n) is 4.25. The van der Waals surface area contributed by atoms with E-state index in [-0.39, 0.29) is 0 Å². The summed E-state index contributed by atoms with van der Waals surface area (Å²) in [6.45, 7) is 2.10. The maximum atomic E-state index is 3.62. The minimum absolute atomic E-state index is 1.13. The highest BCUT2D eigenvalue weighted by Gasteiger charge is 2.06. The molecule has 0 bridgehead atoms. The molecule has 1 nitrogen and oxygen atoms in total. The van der Waals surface area contributed by atoms with Crippen LogP contribution in [0.4, 0.5) is 0 Å². The molecule has 17 heavy (non-hydrogen) atoms. The van der Waals surface area contributed by atoms with Gasteiger partial charge in [-0.05, 0) is 30.7 Å². The molecule has 0 atom stereocenters. The minimum Gasteiger partial charge on any atom is -0.354 e. The predicted molar refractivity (Wildman–Crippen MR) is 76.2 cm³/mol. The lowest BCUT2D eigenvalue weighted by molar-refractivity contribution is 1.40. The van der Waals surface area contributed by atoms with Crippen LogP contribution in [0.25, 0.3) is 22.2 Å². The second-order valence-corrected chi connectivity index (χ2v) is 5.11. The minimum atomic E-state index is 1.13. The van der Waals surface area contributed by atoms with Crippen LogP contribution in [0.5, 0.6) is 0 Å². The summed E-state index contributed by atoms with van der Waals surface area (Å²) >= 11 is 3.62. The van der Waals surface area contributed by atoms with E-state index >= 15 is 0 Å². The van der Waals surface area contributed by atoms with Gasteiger partial charge in [-0.15, -0.1) is 0 Å². The highest BCUT2D eigenvalue weighted by molar-refractivity contribution is 9.10. The maximum Gasteiger partial charge on any atom is 0.0476 e.